The number of guanidine groups is 1. The van der Waals surface area contributed by atoms with Crippen molar-refractivity contribution in [2.24, 2.45) is 4.99 Å². The lowest BCUT2D eigenvalue weighted by Crippen LogP contribution is -2.30. The lowest BCUT2D eigenvalue weighted by Gasteiger charge is -2.14. The van der Waals surface area contributed by atoms with Crippen molar-refractivity contribution in [3.63, 3.8) is 0 Å². The van der Waals surface area contributed by atoms with Gasteiger partial charge in [0.05, 0.1) is 19.9 Å². The van der Waals surface area contributed by atoms with Crippen molar-refractivity contribution in [3.05, 3.63) is 36.0 Å². The van der Waals surface area contributed by atoms with Gasteiger partial charge in [0.2, 0.25) is 5.89 Å². The van der Waals surface area contributed by atoms with Gasteiger partial charge >= 0.3 is 0 Å². The topological polar surface area (TPSA) is 80.9 Å². The summed E-state index contributed by atoms with van der Waals surface area (Å²) < 4.78 is 16.7. The minimum atomic E-state index is -0.0728. The van der Waals surface area contributed by atoms with E-state index in [4.69, 9.17) is 13.9 Å². The molecule has 0 radical (unpaired) electrons. The van der Waals surface area contributed by atoms with E-state index in [1.165, 1.54) is 0 Å². The summed E-state index contributed by atoms with van der Waals surface area (Å²) in [4.78, 5) is 8.87. The molecule has 0 spiro atoms. The summed E-state index contributed by atoms with van der Waals surface area (Å²) in [6, 6.07) is 5.67. The van der Waals surface area contributed by atoms with E-state index < -0.39 is 0 Å². The van der Waals surface area contributed by atoms with Gasteiger partial charge in [-0.05, 0) is 26.0 Å². The molecule has 2 aromatic rings. The maximum Gasteiger partial charge on any atom is 0.216 e. The lowest BCUT2D eigenvalue weighted by atomic mass is 9.94. The number of ether oxygens (including phenoxy) is 2. The molecule has 0 aliphatic rings. The second kappa shape index (κ2) is 9.30. The van der Waals surface area contributed by atoms with Gasteiger partial charge in [-0.2, -0.15) is 0 Å². The van der Waals surface area contributed by atoms with Gasteiger partial charge in [0, 0.05) is 23.7 Å². The van der Waals surface area contributed by atoms with Gasteiger partial charge in [0.25, 0.3) is 0 Å². The molecule has 148 valence electrons. The fraction of sp³-hybridized carbons (Fsp3) is 0.500. The van der Waals surface area contributed by atoms with Gasteiger partial charge in [-0.1, -0.05) is 20.8 Å². The van der Waals surface area contributed by atoms with Gasteiger partial charge in [-0.25, -0.2) is 9.98 Å². The van der Waals surface area contributed by atoms with E-state index in [2.05, 4.69) is 41.4 Å². The summed E-state index contributed by atoms with van der Waals surface area (Å²) in [6.07, 6.45) is 1.77. The number of methoxy groups -OCH3 is 1. The van der Waals surface area contributed by atoms with Crippen LogP contribution in [-0.2, 0) is 12.0 Å². The highest BCUT2D eigenvalue weighted by molar-refractivity contribution is 5.93. The quantitative estimate of drug-likeness (QED) is 0.564. The van der Waals surface area contributed by atoms with Crippen LogP contribution in [-0.4, -0.2) is 31.2 Å². The van der Waals surface area contributed by atoms with E-state index in [-0.39, 0.29) is 5.41 Å². The number of benzene rings is 1. The SMILES string of the molecule is CCNC(=NCc1ncc(C(C)(C)C)o1)Nc1ccc(OCC)c(OC)c1. The zero-order valence-electron chi connectivity index (χ0n) is 17.0. The van der Waals surface area contributed by atoms with Crippen LogP contribution in [0.25, 0.3) is 0 Å². The Morgan fingerprint density at radius 1 is 1.22 bits per heavy atom. The molecule has 0 saturated heterocycles. The summed E-state index contributed by atoms with van der Waals surface area (Å²) in [7, 11) is 1.62. The third-order valence-electron chi connectivity index (χ3n) is 3.74. The van der Waals surface area contributed by atoms with Crippen LogP contribution in [0.15, 0.2) is 33.8 Å². The molecule has 0 fully saturated rings. The molecular formula is C20H30N4O3. The average Bonchev–Trinajstić information content (AvgIpc) is 3.11. The molecule has 2 rings (SSSR count). The minimum absolute atomic E-state index is 0.0728. The third kappa shape index (κ3) is 5.91. The van der Waals surface area contributed by atoms with Crippen molar-refractivity contribution in [1.82, 2.24) is 10.3 Å². The predicted molar refractivity (Wildman–Crippen MR) is 108 cm³/mol. The molecule has 0 bridgehead atoms. The number of nitrogens with zero attached hydrogens (tertiary/aromatic N) is 2. The first-order chi connectivity index (χ1) is 12.9. The van der Waals surface area contributed by atoms with E-state index in [0.717, 1.165) is 18.0 Å². The second-order valence-electron chi connectivity index (χ2n) is 6.99. The molecule has 0 unspecified atom stereocenters. The predicted octanol–water partition coefficient (Wildman–Crippen LogP) is 3.96. The van der Waals surface area contributed by atoms with Crippen molar-refractivity contribution in [3.8, 4) is 11.5 Å². The first kappa shape index (κ1) is 20.6. The van der Waals surface area contributed by atoms with Crippen LogP contribution in [0.4, 0.5) is 5.69 Å². The van der Waals surface area contributed by atoms with Crippen molar-refractivity contribution in [1.29, 1.82) is 0 Å². The smallest absolute Gasteiger partial charge is 0.216 e. The van der Waals surface area contributed by atoms with Crippen molar-refractivity contribution in [2.45, 2.75) is 46.6 Å². The van der Waals surface area contributed by atoms with Gasteiger partial charge in [0.1, 0.15) is 12.3 Å². The maximum atomic E-state index is 5.80. The second-order valence-corrected chi connectivity index (χ2v) is 6.99. The third-order valence-corrected chi connectivity index (χ3v) is 3.74. The van der Waals surface area contributed by atoms with Crippen LogP contribution in [0.1, 0.15) is 46.3 Å². The van der Waals surface area contributed by atoms with Crippen LogP contribution < -0.4 is 20.1 Å². The molecule has 7 heteroatoms. The molecule has 7 nitrogen and oxygen atoms in total. The van der Waals surface area contributed by atoms with Crippen LogP contribution in [0.3, 0.4) is 0 Å². The van der Waals surface area contributed by atoms with Crippen LogP contribution in [0, 0.1) is 0 Å². The Morgan fingerprint density at radius 3 is 2.59 bits per heavy atom. The molecule has 1 heterocycles. The van der Waals surface area contributed by atoms with Crippen LogP contribution >= 0.6 is 0 Å². The monoisotopic (exact) mass is 374 g/mol. The van der Waals surface area contributed by atoms with Crippen LogP contribution in [0.2, 0.25) is 0 Å². The zero-order chi connectivity index (χ0) is 19.9. The van der Waals surface area contributed by atoms with Gasteiger partial charge < -0.3 is 24.5 Å². The number of aliphatic imine (C=N–C) groups is 1. The molecule has 0 aliphatic carbocycles. The zero-order valence-corrected chi connectivity index (χ0v) is 17.0. The van der Waals surface area contributed by atoms with E-state index in [0.29, 0.717) is 36.5 Å². The van der Waals surface area contributed by atoms with Gasteiger partial charge in [-0.3, -0.25) is 0 Å². The molecule has 27 heavy (non-hydrogen) atoms. The first-order valence-corrected chi connectivity index (χ1v) is 9.18. The normalized spacial score (nSPS) is 12.0. The number of aromatic nitrogens is 1. The Morgan fingerprint density at radius 2 is 2.00 bits per heavy atom. The summed E-state index contributed by atoms with van der Waals surface area (Å²) in [6.45, 7) is 11.9. The van der Waals surface area contributed by atoms with E-state index >= 15 is 0 Å². The largest absolute Gasteiger partial charge is 0.493 e. The number of oxazole rings is 1. The number of rotatable bonds is 7. The van der Waals surface area contributed by atoms with Crippen molar-refractivity contribution in [2.75, 3.05) is 25.6 Å². The lowest BCUT2D eigenvalue weighted by molar-refractivity contribution is 0.311. The standard InChI is InChI=1S/C20H30N4O3/c1-7-21-19(23-13-18-22-12-17(27-18)20(3,4)5)24-14-9-10-15(26-8-2)16(11-14)25-6/h9-12H,7-8,13H2,1-6H3,(H2,21,23,24). The minimum Gasteiger partial charge on any atom is -0.493 e. The molecular weight excluding hydrogens is 344 g/mol. The number of hydrogen-bond acceptors (Lipinski definition) is 5. The van der Waals surface area contributed by atoms with Crippen LogP contribution in [0.5, 0.6) is 11.5 Å². The van der Waals surface area contributed by atoms with E-state index in [9.17, 15) is 0 Å². The Labute approximate surface area is 161 Å². The maximum absolute atomic E-state index is 5.80. The molecule has 0 amide bonds. The summed E-state index contributed by atoms with van der Waals surface area (Å²) in [5.74, 6) is 3.45. The Hall–Kier alpha value is -2.70. The highest BCUT2D eigenvalue weighted by Gasteiger charge is 2.19. The van der Waals surface area contributed by atoms with Gasteiger partial charge in [0.15, 0.2) is 17.5 Å². The molecule has 1 aromatic carbocycles. The molecule has 0 atom stereocenters. The molecule has 0 aliphatic heterocycles. The molecule has 2 N–H and O–H groups in total. The number of anilines is 1. The van der Waals surface area contributed by atoms with E-state index in [1.807, 2.05) is 32.0 Å². The summed E-state index contributed by atoms with van der Waals surface area (Å²) >= 11 is 0. The number of nitrogens with one attached hydrogen (secondary N) is 2. The fourth-order valence-electron chi connectivity index (χ4n) is 2.34. The van der Waals surface area contributed by atoms with E-state index in [1.54, 1.807) is 13.3 Å². The highest BCUT2D eigenvalue weighted by atomic mass is 16.5. The first-order valence-electron chi connectivity index (χ1n) is 9.18. The van der Waals surface area contributed by atoms with Crippen molar-refractivity contribution >= 4 is 11.6 Å². The Balaban J connectivity index is 2.12. The Kier molecular flexibility index (Phi) is 7.10. The fourth-order valence-corrected chi connectivity index (χ4v) is 2.34. The summed E-state index contributed by atoms with van der Waals surface area (Å²) in [5.41, 5.74) is 0.772. The highest BCUT2D eigenvalue weighted by Crippen LogP contribution is 2.30. The molecule has 1 aromatic heterocycles. The summed E-state index contributed by atoms with van der Waals surface area (Å²) in [5, 5.41) is 6.48. The molecule has 0 saturated carbocycles. The van der Waals surface area contributed by atoms with Gasteiger partial charge in [-0.15, -0.1) is 0 Å². The number of hydrogen-bond donors (Lipinski definition) is 2. The van der Waals surface area contributed by atoms with Crippen molar-refractivity contribution < 1.29 is 13.9 Å². The Bertz CT molecular complexity index is 763. The average molecular weight is 374 g/mol.